The number of carbonyl (C=O) groups is 1. The minimum Gasteiger partial charge on any atom is -0.393 e. The number of aliphatic hydroxyl groups is 1. The first kappa shape index (κ1) is 15.8. The summed E-state index contributed by atoms with van der Waals surface area (Å²) in [6.07, 6.45) is 8.31. The monoisotopic (exact) mass is 294 g/mol. The van der Waals surface area contributed by atoms with Crippen molar-refractivity contribution in [1.29, 1.82) is 0 Å². The number of hydrogen-bond donors (Lipinski definition) is 2. The number of anilines is 1. The van der Waals surface area contributed by atoms with Crippen LogP contribution >= 0.6 is 0 Å². The van der Waals surface area contributed by atoms with E-state index in [1.54, 1.807) is 18.1 Å². The van der Waals surface area contributed by atoms with Crippen molar-refractivity contribution in [3.63, 3.8) is 0 Å². The van der Waals surface area contributed by atoms with Crippen molar-refractivity contribution in [1.82, 2.24) is 14.7 Å². The molecule has 0 bridgehead atoms. The van der Waals surface area contributed by atoms with E-state index in [4.69, 9.17) is 0 Å². The Hall–Kier alpha value is -1.56. The number of urea groups is 1. The molecule has 1 aliphatic carbocycles. The molecular formula is C15H26N4O2. The van der Waals surface area contributed by atoms with E-state index in [0.29, 0.717) is 12.2 Å². The Kier molecular flexibility index (Phi) is 5.61. The molecule has 0 unspecified atom stereocenters. The van der Waals surface area contributed by atoms with Gasteiger partial charge < -0.3 is 15.3 Å². The van der Waals surface area contributed by atoms with E-state index in [9.17, 15) is 9.90 Å². The first-order valence-electron chi connectivity index (χ1n) is 7.82. The summed E-state index contributed by atoms with van der Waals surface area (Å²) in [6, 6.07) is -0.149. The summed E-state index contributed by atoms with van der Waals surface area (Å²) in [5.41, 5.74) is 0.712. The Balaban J connectivity index is 1.83. The highest BCUT2D eigenvalue weighted by molar-refractivity contribution is 5.88. The Bertz CT molecular complexity index is 460. The van der Waals surface area contributed by atoms with Crippen LogP contribution in [0.2, 0.25) is 0 Å². The van der Waals surface area contributed by atoms with Gasteiger partial charge in [-0.1, -0.05) is 19.8 Å². The molecule has 1 aliphatic rings. The van der Waals surface area contributed by atoms with E-state index < -0.39 is 0 Å². The summed E-state index contributed by atoms with van der Waals surface area (Å²) >= 11 is 0. The van der Waals surface area contributed by atoms with E-state index >= 15 is 0 Å². The molecule has 6 heteroatoms. The number of rotatable bonds is 5. The summed E-state index contributed by atoms with van der Waals surface area (Å²) in [7, 11) is 1.77. The Morgan fingerprint density at radius 3 is 3.00 bits per heavy atom. The maximum absolute atomic E-state index is 12.2. The lowest BCUT2D eigenvalue weighted by atomic mass is 9.86. The molecule has 1 fully saturated rings. The molecule has 6 nitrogen and oxygen atoms in total. The second kappa shape index (κ2) is 7.45. The molecule has 0 aliphatic heterocycles. The lowest BCUT2D eigenvalue weighted by Crippen LogP contribution is -2.39. The number of aromatic nitrogens is 2. The third-order valence-electron chi connectivity index (χ3n) is 4.06. The molecule has 0 saturated heterocycles. The lowest BCUT2D eigenvalue weighted by molar-refractivity contribution is 0.0575. The number of aliphatic hydroxyl groups excluding tert-OH is 1. The first-order valence-corrected chi connectivity index (χ1v) is 7.82. The smallest absolute Gasteiger partial charge is 0.321 e. The lowest BCUT2D eigenvalue weighted by Gasteiger charge is -2.31. The molecule has 0 radical (unpaired) electrons. The van der Waals surface area contributed by atoms with Gasteiger partial charge in [0.2, 0.25) is 0 Å². The van der Waals surface area contributed by atoms with E-state index in [0.717, 1.165) is 38.6 Å². The zero-order valence-corrected chi connectivity index (χ0v) is 13.0. The maximum Gasteiger partial charge on any atom is 0.321 e. The van der Waals surface area contributed by atoms with Gasteiger partial charge in [-0.25, -0.2) is 4.79 Å². The Morgan fingerprint density at radius 1 is 1.52 bits per heavy atom. The zero-order chi connectivity index (χ0) is 15.2. The second-order valence-electron chi connectivity index (χ2n) is 5.91. The van der Waals surface area contributed by atoms with Gasteiger partial charge in [-0.05, 0) is 19.3 Å². The fraction of sp³-hybridized carbons (Fsp3) is 0.733. The molecule has 2 rings (SSSR count). The van der Waals surface area contributed by atoms with Crippen LogP contribution in [0.5, 0.6) is 0 Å². The van der Waals surface area contributed by atoms with Gasteiger partial charge in [0.1, 0.15) is 0 Å². The van der Waals surface area contributed by atoms with Crippen molar-refractivity contribution in [2.45, 2.75) is 51.7 Å². The first-order chi connectivity index (χ1) is 10.1. The van der Waals surface area contributed by atoms with Gasteiger partial charge >= 0.3 is 6.03 Å². The van der Waals surface area contributed by atoms with Gasteiger partial charge in [-0.3, -0.25) is 4.68 Å². The SMILES string of the molecule is CCCn1cc(NC(=O)N(C)C[C@H]2CCCC[C@@H]2O)cn1. The molecule has 1 saturated carbocycles. The van der Waals surface area contributed by atoms with Crippen molar-refractivity contribution in [2.24, 2.45) is 5.92 Å². The highest BCUT2D eigenvalue weighted by atomic mass is 16.3. The van der Waals surface area contributed by atoms with E-state index in [2.05, 4.69) is 17.3 Å². The van der Waals surface area contributed by atoms with Crippen LogP contribution in [0.4, 0.5) is 10.5 Å². The van der Waals surface area contributed by atoms with Crippen molar-refractivity contribution < 1.29 is 9.90 Å². The van der Waals surface area contributed by atoms with Crippen molar-refractivity contribution in [3.05, 3.63) is 12.4 Å². The van der Waals surface area contributed by atoms with Crippen LogP contribution in [-0.2, 0) is 6.54 Å². The highest BCUT2D eigenvalue weighted by Gasteiger charge is 2.25. The predicted molar refractivity (Wildman–Crippen MR) is 82.1 cm³/mol. The van der Waals surface area contributed by atoms with Gasteiger partial charge in [0.15, 0.2) is 0 Å². The largest absolute Gasteiger partial charge is 0.393 e. The standard InChI is InChI=1S/C15H26N4O2/c1-3-8-19-11-13(9-16-19)17-15(21)18(2)10-12-6-4-5-7-14(12)20/h9,11-12,14,20H,3-8,10H2,1-2H3,(H,17,21)/t12-,14+/m1/s1. The number of aryl methyl sites for hydroxylation is 1. The number of nitrogens with zero attached hydrogens (tertiary/aromatic N) is 3. The zero-order valence-electron chi connectivity index (χ0n) is 13.0. The summed E-state index contributed by atoms with van der Waals surface area (Å²) in [5, 5.41) is 17.0. The Labute approximate surface area is 126 Å². The van der Waals surface area contributed by atoms with Crippen LogP contribution in [0.25, 0.3) is 0 Å². The third kappa shape index (κ3) is 4.46. The molecule has 1 heterocycles. The molecular weight excluding hydrogens is 268 g/mol. The number of carbonyl (C=O) groups excluding carboxylic acids is 1. The minimum atomic E-state index is -0.277. The summed E-state index contributed by atoms with van der Waals surface area (Å²) < 4.78 is 1.82. The van der Waals surface area contributed by atoms with Gasteiger partial charge in [-0.15, -0.1) is 0 Å². The average molecular weight is 294 g/mol. The van der Waals surface area contributed by atoms with Crippen LogP contribution in [0, 0.1) is 5.92 Å². The second-order valence-corrected chi connectivity index (χ2v) is 5.91. The minimum absolute atomic E-state index is 0.149. The quantitative estimate of drug-likeness (QED) is 0.875. The van der Waals surface area contributed by atoms with Crippen LogP contribution in [0.3, 0.4) is 0 Å². The van der Waals surface area contributed by atoms with E-state index in [-0.39, 0.29) is 18.1 Å². The van der Waals surface area contributed by atoms with Gasteiger partial charge in [0, 0.05) is 32.3 Å². The van der Waals surface area contributed by atoms with Crippen molar-refractivity contribution in [3.8, 4) is 0 Å². The van der Waals surface area contributed by atoms with Gasteiger partial charge in [0.25, 0.3) is 0 Å². The molecule has 0 aromatic carbocycles. The third-order valence-corrected chi connectivity index (χ3v) is 4.06. The van der Waals surface area contributed by atoms with Crippen molar-refractivity contribution >= 4 is 11.7 Å². The van der Waals surface area contributed by atoms with Crippen LogP contribution < -0.4 is 5.32 Å². The highest BCUT2D eigenvalue weighted by Crippen LogP contribution is 2.25. The summed E-state index contributed by atoms with van der Waals surface area (Å²) in [6.45, 7) is 3.53. The van der Waals surface area contributed by atoms with Gasteiger partial charge in [-0.2, -0.15) is 5.10 Å². The molecule has 2 atom stereocenters. The van der Waals surface area contributed by atoms with E-state index in [1.807, 2.05) is 10.9 Å². The molecule has 2 N–H and O–H groups in total. The molecule has 0 spiro atoms. The molecule has 1 aromatic heterocycles. The number of nitrogens with one attached hydrogen (secondary N) is 1. The number of hydrogen-bond acceptors (Lipinski definition) is 3. The average Bonchev–Trinajstić information content (AvgIpc) is 2.89. The van der Waals surface area contributed by atoms with Crippen LogP contribution in [-0.4, -0.2) is 45.5 Å². The maximum atomic E-state index is 12.2. The fourth-order valence-corrected chi connectivity index (χ4v) is 2.83. The molecule has 2 amide bonds. The fourth-order valence-electron chi connectivity index (χ4n) is 2.83. The predicted octanol–water partition coefficient (Wildman–Crippen LogP) is 2.31. The normalized spacial score (nSPS) is 22.0. The van der Waals surface area contributed by atoms with Crippen molar-refractivity contribution in [2.75, 3.05) is 18.9 Å². The van der Waals surface area contributed by atoms with Crippen LogP contribution in [0.1, 0.15) is 39.0 Å². The Morgan fingerprint density at radius 2 is 2.29 bits per heavy atom. The molecule has 21 heavy (non-hydrogen) atoms. The van der Waals surface area contributed by atoms with Gasteiger partial charge in [0.05, 0.1) is 18.0 Å². The number of amides is 2. The van der Waals surface area contributed by atoms with Crippen LogP contribution in [0.15, 0.2) is 12.4 Å². The molecule has 118 valence electrons. The molecule has 1 aromatic rings. The summed E-state index contributed by atoms with van der Waals surface area (Å²) in [5.74, 6) is 0.192. The van der Waals surface area contributed by atoms with E-state index in [1.165, 1.54) is 0 Å². The topological polar surface area (TPSA) is 70.4 Å². The summed E-state index contributed by atoms with van der Waals surface area (Å²) in [4.78, 5) is 13.8.